The number of fused-ring (bicyclic) bond motifs is 1. The summed E-state index contributed by atoms with van der Waals surface area (Å²) in [7, 11) is 0. The maximum Gasteiger partial charge on any atom is 0.416 e. The third kappa shape index (κ3) is 2.96. The number of nitrogens with one attached hydrogen (secondary N) is 1. The first kappa shape index (κ1) is 14.6. The van der Waals surface area contributed by atoms with Gasteiger partial charge in [0.2, 0.25) is 0 Å². The van der Waals surface area contributed by atoms with Gasteiger partial charge in [0.25, 0.3) is 0 Å². The summed E-state index contributed by atoms with van der Waals surface area (Å²) in [5.74, 6) is 0.284. The Morgan fingerprint density at radius 3 is 2.59 bits per heavy atom. The van der Waals surface area contributed by atoms with E-state index in [9.17, 15) is 13.2 Å². The third-order valence-electron chi connectivity index (χ3n) is 3.01. The molecule has 0 aliphatic rings. The lowest BCUT2D eigenvalue weighted by atomic mass is 10.2. The lowest BCUT2D eigenvalue weighted by molar-refractivity contribution is -0.137. The van der Waals surface area contributed by atoms with Crippen molar-refractivity contribution in [3.05, 3.63) is 59.2 Å². The van der Waals surface area contributed by atoms with Crippen molar-refractivity contribution >= 4 is 34.1 Å². The monoisotopic (exact) mass is 323 g/mol. The van der Waals surface area contributed by atoms with Gasteiger partial charge in [-0.25, -0.2) is 9.97 Å². The molecule has 0 saturated carbocycles. The van der Waals surface area contributed by atoms with Gasteiger partial charge in [0, 0.05) is 11.6 Å². The molecule has 3 rings (SSSR count). The number of aromatic nitrogens is 2. The molecular weight excluding hydrogens is 315 g/mol. The van der Waals surface area contributed by atoms with Crippen molar-refractivity contribution in [2.24, 2.45) is 0 Å². The zero-order chi connectivity index (χ0) is 15.7. The van der Waals surface area contributed by atoms with Crippen LogP contribution < -0.4 is 5.32 Å². The van der Waals surface area contributed by atoms with Crippen LogP contribution in [0.15, 0.2) is 48.7 Å². The highest BCUT2D eigenvalue weighted by atomic mass is 35.5. The van der Waals surface area contributed by atoms with Gasteiger partial charge in [0.1, 0.15) is 5.82 Å². The van der Waals surface area contributed by atoms with Gasteiger partial charge in [0.05, 0.1) is 16.1 Å². The average molecular weight is 324 g/mol. The Hall–Kier alpha value is -2.34. The van der Waals surface area contributed by atoms with E-state index < -0.39 is 11.7 Å². The van der Waals surface area contributed by atoms with E-state index in [2.05, 4.69) is 15.3 Å². The minimum absolute atomic E-state index is 0.0273. The van der Waals surface area contributed by atoms with Crippen molar-refractivity contribution in [3.63, 3.8) is 0 Å². The molecule has 0 bridgehead atoms. The van der Waals surface area contributed by atoms with Crippen molar-refractivity contribution in [2.75, 3.05) is 5.32 Å². The molecule has 0 aliphatic heterocycles. The number of hydrogen-bond donors (Lipinski definition) is 1. The summed E-state index contributed by atoms with van der Waals surface area (Å²) in [6.07, 6.45) is -3.35. The fourth-order valence-corrected chi connectivity index (χ4v) is 2.18. The first-order chi connectivity index (χ1) is 10.4. The second kappa shape index (κ2) is 5.46. The van der Waals surface area contributed by atoms with Crippen molar-refractivity contribution in [1.29, 1.82) is 0 Å². The fourth-order valence-electron chi connectivity index (χ4n) is 1.97. The summed E-state index contributed by atoms with van der Waals surface area (Å²) in [6.45, 7) is 0. The number of para-hydroxylation sites is 1. The number of anilines is 2. The Bertz CT molecular complexity index is 834. The van der Waals surface area contributed by atoms with Gasteiger partial charge >= 0.3 is 6.18 Å². The lowest BCUT2D eigenvalue weighted by Crippen LogP contribution is -2.06. The largest absolute Gasteiger partial charge is 0.416 e. The van der Waals surface area contributed by atoms with Crippen LogP contribution in [0.1, 0.15) is 5.56 Å². The lowest BCUT2D eigenvalue weighted by Gasteiger charge is -2.11. The topological polar surface area (TPSA) is 37.8 Å². The van der Waals surface area contributed by atoms with E-state index in [-0.39, 0.29) is 11.6 Å². The molecule has 1 N–H and O–H groups in total. The molecule has 0 amide bonds. The van der Waals surface area contributed by atoms with E-state index >= 15 is 0 Å². The number of hydrogen-bond acceptors (Lipinski definition) is 3. The predicted molar refractivity (Wildman–Crippen MR) is 79.3 cm³/mol. The number of nitrogens with zero attached hydrogens (tertiary/aromatic N) is 2. The van der Waals surface area contributed by atoms with Crippen molar-refractivity contribution < 1.29 is 13.2 Å². The Kier molecular flexibility index (Phi) is 3.62. The van der Waals surface area contributed by atoms with Crippen LogP contribution >= 0.6 is 11.6 Å². The van der Waals surface area contributed by atoms with Gasteiger partial charge in [-0.2, -0.15) is 13.2 Å². The van der Waals surface area contributed by atoms with E-state index in [0.29, 0.717) is 10.5 Å². The van der Waals surface area contributed by atoms with Crippen LogP contribution in [0, 0.1) is 0 Å². The van der Waals surface area contributed by atoms with Crippen LogP contribution in [0.4, 0.5) is 24.8 Å². The maximum absolute atomic E-state index is 12.7. The Morgan fingerprint density at radius 1 is 1.05 bits per heavy atom. The molecule has 1 aromatic carbocycles. The zero-order valence-corrected chi connectivity index (χ0v) is 11.8. The van der Waals surface area contributed by atoms with E-state index in [0.717, 1.165) is 23.7 Å². The van der Waals surface area contributed by atoms with Gasteiger partial charge in [-0.1, -0.05) is 29.8 Å². The van der Waals surface area contributed by atoms with Crippen molar-refractivity contribution in [2.45, 2.75) is 6.18 Å². The SMILES string of the molecule is FC(F)(F)c1ccnc(Nc2nc3ccccc3cc2Cl)c1. The molecule has 3 aromatic rings. The summed E-state index contributed by atoms with van der Waals surface area (Å²) < 4.78 is 38.1. The summed E-state index contributed by atoms with van der Waals surface area (Å²) in [5.41, 5.74) is -0.108. The normalized spacial score (nSPS) is 11.6. The van der Waals surface area contributed by atoms with Gasteiger partial charge in [-0.3, -0.25) is 0 Å². The highest BCUT2D eigenvalue weighted by Gasteiger charge is 2.30. The first-order valence-corrected chi connectivity index (χ1v) is 6.67. The standard InChI is InChI=1S/C15H9ClF3N3/c16-11-7-9-3-1-2-4-12(9)21-14(11)22-13-8-10(5-6-20-13)15(17,18)19/h1-8H,(H,20,21,22). The third-order valence-corrected chi connectivity index (χ3v) is 3.30. The van der Waals surface area contributed by atoms with Gasteiger partial charge in [-0.05, 0) is 24.3 Å². The van der Waals surface area contributed by atoms with Gasteiger partial charge < -0.3 is 5.32 Å². The summed E-state index contributed by atoms with van der Waals surface area (Å²) >= 11 is 6.11. The molecule has 0 radical (unpaired) electrons. The molecule has 2 aromatic heterocycles. The molecule has 22 heavy (non-hydrogen) atoms. The molecule has 2 heterocycles. The highest BCUT2D eigenvalue weighted by Crippen LogP contribution is 2.31. The van der Waals surface area contributed by atoms with Crippen LogP contribution in [-0.2, 0) is 6.18 Å². The molecule has 0 atom stereocenters. The maximum atomic E-state index is 12.7. The molecule has 0 fully saturated rings. The van der Waals surface area contributed by atoms with Crippen LogP contribution in [0.5, 0.6) is 0 Å². The summed E-state index contributed by atoms with van der Waals surface area (Å²) in [4.78, 5) is 8.16. The molecule has 0 unspecified atom stereocenters. The minimum atomic E-state index is -4.43. The molecule has 7 heteroatoms. The number of halogens is 4. The summed E-state index contributed by atoms with van der Waals surface area (Å²) in [6, 6.07) is 10.8. The van der Waals surface area contributed by atoms with Crippen LogP contribution in [0.3, 0.4) is 0 Å². The van der Waals surface area contributed by atoms with E-state index in [4.69, 9.17) is 11.6 Å². The van der Waals surface area contributed by atoms with E-state index in [1.807, 2.05) is 18.2 Å². The number of pyridine rings is 2. The van der Waals surface area contributed by atoms with E-state index in [1.54, 1.807) is 12.1 Å². The number of benzene rings is 1. The number of rotatable bonds is 2. The molecular formula is C15H9ClF3N3. The Morgan fingerprint density at radius 2 is 1.82 bits per heavy atom. The van der Waals surface area contributed by atoms with Crippen molar-refractivity contribution in [3.8, 4) is 0 Å². The zero-order valence-electron chi connectivity index (χ0n) is 11.0. The van der Waals surface area contributed by atoms with Crippen molar-refractivity contribution in [1.82, 2.24) is 9.97 Å². The molecule has 0 aliphatic carbocycles. The summed E-state index contributed by atoms with van der Waals surface area (Å²) in [5, 5.41) is 3.87. The fraction of sp³-hybridized carbons (Fsp3) is 0.0667. The van der Waals surface area contributed by atoms with Gasteiger partial charge in [-0.15, -0.1) is 0 Å². The predicted octanol–water partition coefficient (Wildman–Crippen LogP) is 5.05. The smallest absolute Gasteiger partial charge is 0.324 e. The molecule has 0 saturated heterocycles. The number of alkyl halides is 3. The average Bonchev–Trinajstić information content (AvgIpc) is 2.47. The molecule has 112 valence electrons. The quantitative estimate of drug-likeness (QED) is 0.717. The second-order valence-corrected chi connectivity index (χ2v) is 4.97. The van der Waals surface area contributed by atoms with Crippen LogP contribution in [0.2, 0.25) is 5.02 Å². The van der Waals surface area contributed by atoms with E-state index in [1.165, 1.54) is 0 Å². The molecule has 0 spiro atoms. The Labute approximate surface area is 128 Å². The molecule has 3 nitrogen and oxygen atoms in total. The minimum Gasteiger partial charge on any atom is -0.324 e. The Balaban J connectivity index is 1.98. The van der Waals surface area contributed by atoms with Crippen LogP contribution in [-0.4, -0.2) is 9.97 Å². The second-order valence-electron chi connectivity index (χ2n) is 4.56. The van der Waals surface area contributed by atoms with Crippen LogP contribution in [0.25, 0.3) is 10.9 Å². The van der Waals surface area contributed by atoms with Gasteiger partial charge in [0.15, 0.2) is 5.82 Å². The first-order valence-electron chi connectivity index (χ1n) is 6.29. The highest BCUT2D eigenvalue weighted by molar-refractivity contribution is 6.33.